The fourth-order valence-corrected chi connectivity index (χ4v) is 2.32. The minimum absolute atomic E-state index is 0.0515. The van der Waals surface area contributed by atoms with Crippen molar-refractivity contribution in [1.82, 2.24) is 15.1 Å². The SMILES string of the molecule is COP(=O)(C[n+]1ccc(-c2ncccn2)cn1)OC. The maximum absolute atomic E-state index is 11.9. The molecule has 0 aliphatic heterocycles. The van der Waals surface area contributed by atoms with E-state index in [0.717, 1.165) is 5.56 Å². The molecule has 0 bridgehead atoms. The van der Waals surface area contributed by atoms with Crippen LogP contribution < -0.4 is 4.68 Å². The molecule has 2 heterocycles. The van der Waals surface area contributed by atoms with Gasteiger partial charge in [-0.1, -0.05) is 4.68 Å². The van der Waals surface area contributed by atoms with Crippen molar-refractivity contribution in [1.29, 1.82) is 0 Å². The number of hydrogen-bond donors (Lipinski definition) is 0. The first-order valence-corrected chi connectivity index (χ1v) is 7.23. The Bertz CT molecular complexity index is 568. The van der Waals surface area contributed by atoms with Crippen LogP contribution in [-0.4, -0.2) is 29.3 Å². The molecule has 7 nitrogen and oxygen atoms in total. The van der Waals surface area contributed by atoms with E-state index in [1.807, 2.05) is 0 Å². The van der Waals surface area contributed by atoms with Crippen molar-refractivity contribution in [3.8, 4) is 11.4 Å². The number of nitrogens with zero attached hydrogens (tertiary/aromatic N) is 4. The van der Waals surface area contributed by atoms with Crippen LogP contribution in [0.3, 0.4) is 0 Å². The van der Waals surface area contributed by atoms with Crippen molar-refractivity contribution in [2.24, 2.45) is 0 Å². The average Bonchev–Trinajstić information content (AvgIpc) is 2.49. The third-order valence-corrected chi connectivity index (χ3v) is 4.22. The van der Waals surface area contributed by atoms with Crippen LogP contribution in [0, 0.1) is 0 Å². The van der Waals surface area contributed by atoms with Gasteiger partial charge < -0.3 is 9.05 Å². The monoisotopic (exact) mass is 281 g/mol. The summed E-state index contributed by atoms with van der Waals surface area (Å²) in [5, 5.41) is 4.14. The zero-order valence-electron chi connectivity index (χ0n) is 10.6. The highest BCUT2D eigenvalue weighted by atomic mass is 31.2. The van der Waals surface area contributed by atoms with Crippen LogP contribution in [0.25, 0.3) is 11.4 Å². The van der Waals surface area contributed by atoms with Gasteiger partial charge in [0.05, 0.1) is 0 Å². The van der Waals surface area contributed by atoms with E-state index in [1.54, 1.807) is 36.9 Å². The lowest BCUT2D eigenvalue weighted by molar-refractivity contribution is -0.738. The number of hydrogen-bond acceptors (Lipinski definition) is 6. The molecule has 0 saturated heterocycles. The van der Waals surface area contributed by atoms with Crippen molar-refractivity contribution in [2.45, 2.75) is 6.29 Å². The van der Waals surface area contributed by atoms with Gasteiger partial charge in [-0.15, -0.1) is 0 Å². The second kappa shape index (κ2) is 5.97. The van der Waals surface area contributed by atoms with E-state index in [-0.39, 0.29) is 6.29 Å². The standard InChI is InChI=1S/C11H14N4O3P/c1-17-19(16,18-2)9-15-7-4-10(8-14-15)11-12-5-3-6-13-11/h3-8H,9H2,1-2H3/q+1. The average molecular weight is 281 g/mol. The molecular formula is C11H14N4O3P+. The van der Waals surface area contributed by atoms with Gasteiger partial charge in [-0.05, 0) is 11.2 Å². The van der Waals surface area contributed by atoms with Gasteiger partial charge in [-0.2, -0.15) is 0 Å². The van der Waals surface area contributed by atoms with E-state index >= 15 is 0 Å². The summed E-state index contributed by atoms with van der Waals surface area (Å²) in [5.74, 6) is 0.587. The van der Waals surface area contributed by atoms with Gasteiger partial charge in [-0.25, -0.2) is 9.97 Å². The molecule has 2 aromatic heterocycles. The van der Waals surface area contributed by atoms with Gasteiger partial charge in [0.15, 0.2) is 12.0 Å². The molecule has 8 heteroatoms. The largest absolute Gasteiger partial charge is 0.397 e. The van der Waals surface area contributed by atoms with Crippen LogP contribution in [0.5, 0.6) is 0 Å². The summed E-state index contributed by atoms with van der Waals surface area (Å²) < 4.78 is 23.1. The summed E-state index contributed by atoms with van der Waals surface area (Å²) in [6.45, 7) is 0. The minimum atomic E-state index is -3.12. The Morgan fingerprint density at radius 1 is 1.26 bits per heavy atom. The molecule has 2 aromatic rings. The van der Waals surface area contributed by atoms with Crippen molar-refractivity contribution in [3.63, 3.8) is 0 Å². The van der Waals surface area contributed by atoms with Gasteiger partial charge >= 0.3 is 7.60 Å². The second-order valence-corrected chi connectivity index (χ2v) is 5.88. The quantitative estimate of drug-likeness (QED) is 0.606. The molecule has 0 spiro atoms. The Hall–Kier alpha value is -1.69. The Balaban J connectivity index is 2.18. The highest BCUT2D eigenvalue weighted by molar-refractivity contribution is 7.52. The zero-order valence-corrected chi connectivity index (χ0v) is 11.5. The molecule has 0 aliphatic carbocycles. The Labute approximate surface area is 110 Å². The third kappa shape index (κ3) is 3.41. The lowest BCUT2D eigenvalue weighted by Gasteiger charge is -2.08. The van der Waals surface area contributed by atoms with Crippen LogP contribution >= 0.6 is 7.60 Å². The van der Waals surface area contributed by atoms with Crippen molar-refractivity contribution in [3.05, 3.63) is 36.9 Å². The predicted molar refractivity (Wildman–Crippen MR) is 67.1 cm³/mol. The first-order chi connectivity index (χ1) is 9.17. The fourth-order valence-electron chi connectivity index (χ4n) is 1.42. The molecule has 0 amide bonds. The van der Waals surface area contributed by atoms with E-state index in [4.69, 9.17) is 9.05 Å². The van der Waals surface area contributed by atoms with Crippen LogP contribution in [0.1, 0.15) is 0 Å². The second-order valence-electron chi connectivity index (χ2n) is 3.64. The van der Waals surface area contributed by atoms with E-state index in [0.29, 0.717) is 5.82 Å². The third-order valence-electron chi connectivity index (χ3n) is 2.47. The molecular weight excluding hydrogens is 267 g/mol. The molecule has 0 unspecified atom stereocenters. The van der Waals surface area contributed by atoms with E-state index in [9.17, 15) is 4.57 Å². The van der Waals surface area contributed by atoms with Crippen molar-refractivity contribution < 1.29 is 18.3 Å². The molecule has 0 saturated carbocycles. The van der Waals surface area contributed by atoms with Gasteiger partial charge in [0.1, 0.15) is 6.20 Å². The first-order valence-electron chi connectivity index (χ1n) is 5.50. The summed E-state index contributed by atoms with van der Waals surface area (Å²) in [4.78, 5) is 8.24. The smallest absolute Gasteiger partial charge is 0.307 e. The van der Waals surface area contributed by atoms with Gasteiger partial charge in [0.25, 0.3) is 6.29 Å². The number of rotatable bonds is 5. The highest BCUT2D eigenvalue weighted by Crippen LogP contribution is 2.46. The lowest BCUT2D eigenvalue weighted by atomic mass is 10.3. The molecule has 19 heavy (non-hydrogen) atoms. The summed E-state index contributed by atoms with van der Waals surface area (Å²) in [6, 6.07) is 3.53. The minimum Gasteiger partial charge on any atom is -0.307 e. The summed E-state index contributed by atoms with van der Waals surface area (Å²) in [5.41, 5.74) is 0.779. The van der Waals surface area contributed by atoms with Gasteiger partial charge in [0, 0.05) is 38.2 Å². The Morgan fingerprint density at radius 2 is 1.95 bits per heavy atom. The molecule has 0 aliphatic rings. The molecule has 0 N–H and O–H groups in total. The predicted octanol–water partition coefficient (Wildman–Crippen LogP) is 1.27. The normalized spacial score (nSPS) is 11.5. The van der Waals surface area contributed by atoms with E-state index in [1.165, 1.54) is 18.9 Å². The summed E-state index contributed by atoms with van der Waals surface area (Å²) in [6.07, 6.45) is 6.65. The maximum Gasteiger partial charge on any atom is 0.397 e. The highest BCUT2D eigenvalue weighted by Gasteiger charge is 2.28. The molecule has 0 aromatic carbocycles. The fraction of sp³-hybridized carbons (Fsp3) is 0.273. The summed E-state index contributed by atoms with van der Waals surface area (Å²) >= 11 is 0. The van der Waals surface area contributed by atoms with Gasteiger partial charge in [-0.3, -0.25) is 4.57 Å². The first kappa shape index (κ1) is 13.7. The van der Waals surface area contributed by atoms with Crippen molar-refractivity contribution >= 4 is 7.60 Å². The van der Waals surface area contributed by atoms with Crippen LogP contribution in [0.15, 0.2) is 36.9 Å². The molecule has 100 valence electrons. The summed E-state index contributed by atoms with van der Waals surface area (Å²) in [7, 11) is -0.432. The topological polar surface area (TPSA) is 78.1 Å². The molecule has 0 fully saturated rings. The molecule has 0 radical (unpaired) electrons. The van der Waals surface area contributed by atoms with Crippen LogP contribution in [-0.2, 0) is 19.9 Å². The number of aromatic nitrogens is 4. The zero-order chi connectivity index (χ0) is 13.7. The molecule has 2 rings (SSSR count). The lowest BCUT2D eigenvalue weighted by Crippen LogP contribution is -2.37. The Morgan fingerprint density at radius 3 is 2.47 bits per heavy atom. The van der Waals surface area contributed by atoms with E-state index in [2.05, 4.69) is 15.1 Å². The maximum atomic E-state index is 11.9. The van der Waals surface area contributed by atoms with Crippen LogP contribution in [0.4, 0.5) is 0 Å². The van der Waals surface area contributed by atoms with Gasteiger partial charge in [0.2, 0.25) is 0 Å². The van der Waals surface area contributed by atoms with Crippen LogP contribution in [0.2, 0.25) is 0 Å². The van der Waals surface area contributed by atoms with E-state index < -0.39 is 7.60 Å². The molecule has 0 atom stereocenters. The van der Waals surface area contributed by atoms with Crippen molar-refractivity contribution in [2.75, 3.05) is 14.2 Å². The Kier molecular flexibility index (Phi) is 4.31.